The van der Waals surface area contributed by atoms with E-state index in [1.165, 1.54) is 11.5 Å². The first-order chi connectivity index (χ1) is 6.68. The highest BCUT2D eigenvalue weighted by Crippen LogP contribution is 2.22. The quantitative estimate of drug-likeness (QED) is 0.807. The molecule has 0 radical (unpaired) electrons. The van der Waals surface area contributed by atoms with Gasteiger partial charge in [-0.3, -0.25) is 4.68 Å². The monoisotopic (exact) mass is 208 g/mol. The number of aromatic nitrogens is 3. The highest BCUT2D eigenvalue weighted by Gasteiger charge is 2.14. The Morgan fingerprint density at radius 1 is 1.57 bits per heavy atom. The number of hydrogen-bond acceptors (Lipinski definition) is 4. The Balaban J connectivity index is 2.33. The van der Waals surface area contributed by atoms with Gasteiger partial charge in [-0.1, -0.05) is 0 Å². The van der Waals surface area contributed by atoms with Crippen LogP contribution in [0.2, 0.25) is 0 Å². The maximum atomic E-state index is 6.08. The smallest absolute Gasteiger partial charge is 0.0832 e. The first kappa shape index (κ1) is 9.36. The molecule has 0 saturated carbocycles. The van der Waals surface area contributed by atoms with Crippen LogP contribution in [0, 0.1) is 6.92 Å². The molecule has 2 aromatic heterocycles. The molecule has 0 aliphatic rings. The summed E-state index contributed by atoms with van der Waals surface area (Å²) in [5, 5.41) is 4.09. The standard InChI is InChI=1S/C9H12N4S/c1-6-5-8(14-12-6)9(10)7-3-4-11-13(7)2/h3-5,9H,10H2,1-2H3. The van der Waals surface area contributed by atoms with Crippen molar-refractivity contribution in [1.29, 1.82) is 0 Å². The minimum absolute atomic E-state index is 0.117. The summed E-state index contributed by atoms with van der Waals surface area (Å²) in [6, 6.07) is 3.83. The van der Waals surface area contributed by atoms with E-state index < -0.39 is 0 Å². The van der Waals surface area contributed by atoms with Gasteiger partial charge in [0.25, 0.3) is 0 Å². The SMILES string of the molecule is Cc1cc(C(N)c2ccnn2C)sn1. The van der Waals surface area contributed by atoms with Crippen molar-refractivity contribution in [3.05, 3.63) is 34.6 Å². The lowest BCUT2D eigenvalue weighted by molar-refractivity contribution is 0.678. The lowest BCUT2D eigenvalue weighted by Crippen LogP contribution is -2.14. The van der Waals surface area contributed by atoms with E-state index in [9.17, 15) is 0 Å². The van der Waals surface area contributed by atoms with Gasteiger partial charge in [-0.05, 0) is 30.6 Å². The van der Waals surface area contributed by atoms with E-state index in [-0.39, 0.29) is 6.04 Å². The summed E-state index contributed by atoms with van der Waals surface area (Å²) in [6.07, 6.45) is 1.75. The largest absolute Gasteiger partial charge is 0.318 e. The van der Waals surface area contributed by atoms with Crippen LogP contribution in [-0.4, -0.2) is 14.2 Å². The molecule has 0 bridgehead atoms. The topological polar surface area (TPSA) is 56.7 Å². The van der Waals surface area contributed by atoms with Gasteiger partial charge in [0.05, 0.1) is 17.4 Å². The highest BCUT2D eigenvalue weighted by molar-refractivity contribution is 7.05. The average Bonchev–Trinajstić information content (AvgIpc) is 2.73. The van der Waals surface area contributed by atoms with Crippen LogP contribution in [0.3, 0.4) is 0 Å². The zero-order chi connectivity index (χ0) is 10.1. The summed E-state index contributed by atoms with van der Waals surface area (Å²) < 4.78 is 6.00. The zero-order valence-electron chi connectivity index (χ0n) is 8.14. The van der Waals surface area contributed by atoms with E-state index in [1.807, 2.05) is 26.1 Å². The van der Waals surface area contributed by atoms with Crippen molar-refractivity contribution in [3.8, 4) is 0 Å². The summed E-state index contributed by atoms with van der Waals surface area (Å²) in [4.78, 5) is 1.08. The highest BCUT2D eigenvalue weighted by atomic mass is 32.1. The number of hydrogen-bond donors (Lipinski definition) is 1. The van der Waals surface area contributed by atoms with Crippen molar-refractivity contribution < 1.29 is 0 Å². The molecule has 0 fully saturated rings. The molecular formula is C9H12N4S. The van der Waals surface area contributed by atoms with Gasteiger partial charge in [-0.25, -0.2) is 0 Å². The van der Waals surface area contributed by atoms with Gasteiger partial charge in [0, 0.05) is 18.1 Å². The number of nitrogens with zero attached hydrogens (tertiary/aromatic N) is 3. The van der Waals surface area contributed by atoms with Crippen LogP contribution >= 0.6 is 11.5 Å². The van der Waals surface area contributed by atoms with E-state index in [0.29, 0.717) is 0 Å². The van der Waals surface area contributed by atoms with Crippen molar-refractivity contribution in [2.75, 3.05) is 0 Å². The van der Waals surface area contributed by atoms with Crippen LogP contribution < -0.4 is 5.73 Å². The number of aryl methyl sites for hydroxylation is 2. The van der Waals surface area contributed by atoms with Crippen LogP contribution in [-0.2, 0) is 7.05 Å². The number of nitrogens with two attached hydrogens (primary N) is 1. The Labute approximate surface area is 86.5 Å². The minimum atomic E-state index is -0.117. The Morgan fingerprint density at radius 2 is 2.36 bits per heavy atom. The summed E-state index contributed by atoms with van der Waals surface area (Å²) in [5.74, 6) is 0. The molecule has 2 rings (SSSR count). The predicted molar refractivity (Wildman–Crippen MR) is 56.1 cm³/mol. The van der Waals surface area contributed by atoms with Crippen LogP contribution in [0.4, 0.5) is 0 Å². The molecule has 0 spiro atoms. The molecule has 0 aliphatic heterocycles. The molecule has 0 saturated heterocycles. The Kier molecular flexibility index (Phi) is 2.35. The van der Waals surface area contributed by atoms with E-state index in [0.717, 1.165) is 16.3 Å². The maximum absolute atomic E-state index is 6.08. The Morgan fingerprint density at radius 3 is 2.86 bits per heavy atom. The van der Waals surface area contributed by atoms with Crippen LogP contribution in [0.15, 0.2) is 18.3 Å². The third kappa shape index (κ3) is 1.56. The zero-order valence-corrected chi connectivity index (χ0v) is 8.95. The predicted octanol–water partition coefficient (Wildman–Crippen LogP) is 1.23. The van der Waals surface area contributed by atoms with Crippen LogP contribution in [0.5, 0.6) is 0 Å². The molecule has 2 aromatic rings. The molecule has 0 aromatic carbocycles. The molecule has 4 nitrogen and oxygen atoms in total. The van der Waals surface area contributed by atoms with Crippen molar-refractivity contribution in [1.82, 2.24) is 14.2 Å². The lowest BCUT2D eigenvalue weighted by atomic mass is 10.2. The summed E-state index contributed by atoms with van der Waals surface area (Å²) in [6.45, 7) is 1.97. The summed E-state index contributed by atoms with van der Waals surface area (Å²) >= 11 is 1.45. The summed E-state index contributed by atoms with van der Waals surface area (Å²) in [7, 11) is 1.89. The third-order valence-corrected chi connectivity index (χ3v) is 3.09. The second-order valence-electron chi connectivity index (χ2n) is 3.23. The second-order valence-corrected chi connectivity index (χ2v) is 4.06. The van der Waals surface area contributed by atoms with Gasteiger partial charge in [-0.2, -0.15) is 9.47 Å². The fourth-order valence-electron chi connectivity index (χ4n) is 1.36. The van der Waals surface area contributed by atoms with Gasteiger partial charge >= 0.3 is 0 Å². The normalized spacial score (nSPS) is 13.1. The first-order valence-corrected chi connectivity index (χ1v) is 5.12. The molecule has 74 valence electrons. The summed E-state index contributed by atoms with van der Waals surface area (Å²) in [5.41, 5.74) is 8.11. The molecule has 2 N–H and O–H groups in total. The minimum Gasteiger partial charge on any atom is -0.318 e. The molecule has 14 heavy (non-hydrogen) atoms. The van der Waals surface area contributed by atoms with Crippen LogP contribution in [0.1, 0.15) is 22.3 Å². The van der Waals surface area contributed by atoms with Gasteiger partial charge in [-0.15, -0.1) is 0 Å². The van der Waals surface area contributed by atoms with Crippen molar-refractivity contribution in [2.24, 2.45) is 12.8 Å². The Bertz CT molecular complexity index is 431. The fraction of sp³-hybridized carbons (Fsp3) is 0.333. The van der Waals surface area contributed by atoms with Gasteiger partial charge in [0.15, 0.2) is 0 Å². The van der Waals surface area contributed by atoms with E-state index in [4.69, 9.17) is 5.73 Å². The van der Waals surface area contributed by atoms with Crippen molar-refractivity contribution in [2.45, 2.75) is 13.0 Å². The average molecular weight is 208 g/mol. The first-order valence-electron chi connectivity index (χ1n) is 4.35. The Hall–Kier alpha value is -1.20. The maximum Gasteiger partial charge on any atom is 0.0832 e. The molecule has 0 aliphatic carbocycles. The molecule has 0 amide bonds. The molecule has 1 atom stereocenters. The van der Waals surface area contributed by atoms with E-state index >= 15 is 0 Å². The van der Waals surface area contributed by atoms with E-state index in [2.05, 4.69) is 9.47 Å². The number of rotatable bonds is 2. The van der Waals surface area contributed by atoms with Gasteiger partial charge in [0.1, 0.15) is 0 Å². The van der Waals surface area contributed by atoms with Crippen molar-refractivity contribution >= 4 is 11.5 Å². The van der Waals surface area contributed by atoms with E-state index in [1.54, 1.807) is 10.9 Å². The second kappa shape index (κ2) is 3.51. The lowest BCUT2D eigenvalue weighted by Gasteiger charge is -2.08. The molecule has 1 unspecified atom stereocenters. The fourth-order valence-corrected chi connectivity index (χ4v) is 2.12. The molecule has 5 heteroatoms. The third-order valence-electron chi connectivity index (χ3n) is 2.13. The molecular weight excluding hydrogens is 196 g/mol. The van der Waals surface area contributed by atoms with Gasteiger partial charge in [0.2, 0.25) is 0 Å². The van der Waals surface area contributed by atoms with Crippen molar-refractivity contribution in [3.63, 3.8) is 0 Å². The van der Waals surface area contributed by atoms with Crippen LogP contribution in [0.25, 0.3) is 0 Å². The molecule has 2 heterocycles. The van der Waals surface area contributed by atoms with Gasteiger partial charge < -0.3 is 5.73 Å².